The highest BCUT2D eigenvalue weighted by molar-refractivity contribution is 5.85. The molecule has 17 heavy (non-hydrogen) atoms. The molecule has 1 aromatic rings. The lowest BCUT2D eigenvalue weighted by Crippen LogP contribution is -2.15. The zero-order valence-corrected chi connectivity index (χ0v) is 9.33. The molecule has 6 heteroatoms. The topological polar surface area (TPSA) is 73.6 Å². The molecule has 0 aliphatic rings. The summed E-state index contributed by atoms with van der Waals surface area (Å²) in [4.78, 5) is 10.7. The van der Waals surface area contributed by atoms with Gasteiger partial charge < -0.3 is 14.6 Å². The van der Waals surface area contributed by atoms with Crippen molar-refractivity contribution in [2.24, 2.45) is 0 Å². The molecule has 0 aliphatic heterocycles. The van der Waals surface area contributed by atoms with Crippen LogP contribution in [0.25, 0.3) is 0 Å². The summed E-state index contributed by atoms with van der Waals surface area (Å²) in [7, 11) is 0. The van der Waals surface area contributed by atoms with E-state index in [-0.39, 0.29) is 12.3 Å². The van der Waals surface area contributed by atoms with Crippen LogP contribution in [-0.2, 0) is 16.0 Å². The second kappa shape index (κ2) is 7.44. The van der Waals surface area contributed by atoms with E-state index in [0.717, 1.165) is 0 Å². The number of hydrogen-bond acceptors (Lipinski definition) is 4. The molecule has 0 saturated carbocycles. The minimum atomic E-state index is -1.00. The van der Waals surface area contributed by atoms with Crippen molar-refractivity contribution in [1.29, 1.82) is 0 Å². The van der Waals surface area contributed by atoms with Crippen LogP contribution >= 0.6 is 0 Å². The molecule has 0 aliphatic carbocycles. The summed E-state index contributed by atoms with van der Waals surface area (Å²) < 4.78 is 11.6. The Balaban J connectivity index is 2.16. The lowest BCUT2D eigenvalue weighted by Gasteiger charge is -2.06. The van der Waals surface area contributed by atoms with Crippen molar-refractivity contribution < 1.29 is 19.4 Å². The second-order valence-electron chi connectivity index (χ2n) is 3.11. The molecule has 0 fully saturated rings. The number of rotatable bonds is 8. The maximum absolute atomic E-state index is 10.7. The number of terminal acetylenes is 1. The van der Waals surface area contributed by atoms with Crippen LogP contribution in [0.5, 0.6) is 0 Å². The first-order valence-corrected chi connectivity index (χ1v) is 5.09. The van der Waals surface area contributed by atoms with Crippen LogP contribution in [0.4, 0.5) is 0 Å². The van der Waals surface area contributed by atoms with E-state index < -0.39 is 5.97 Å². The third-order valence-corrected chi connectivity index (χ3v) is 1.94. The zero-order chi connectivity index (χ0) is 12.5. The van der Waals surface area contributed by atoms with Crippen LogP contribution in [0.15, 0.2) is 12.3 Å². The maximum atomic E-state index is 10.7. The third kappa shape index (κ3) is 4.68. The number of aromatic carboxylic acids is 1. The molecule has 0 radical (unpaired) electrons. The number of carboxylic acid groups (broad SMARTS) is 1. The SMILES string of the molecule is C#CCOCCOCCn1nccc1C(=O)O. The van der Waals surface area contributed by atoms with E-state index in [1.54, 1.807) is 0 Å². The molecular weight excluding hydrogens is 224 g/mol. The van der Waals surface area contributed by atoms with Gasteiger partial charge in [0.1, 0.15) is 12.3 Å². The van der Waals surface area contributed by atoms with Gasteiger partial charge >= 0.3 is 5.97 Å². The third-order valence-electron chi connectivity index (χ3n) is 1.94. The van der Waals surface area contributed by atoms with Gasteiger partial charge in [0.2, 0.25) is 0 Å². The minimum Gasteiger partial charge on any atom is -0.477 e. The molecule has 6 nitrogen and oxygen atoms in total. The van der Waals surface area contributed by atoms with Gasteiger partial charge in [-0.2, -0.15) is 5.10 Å². The van der Waals surface area contributed by atoms with E-state index in [2.05, 4.69) is 11.0 Å². The summed E-state index contributed by atoms with van der Waals surface area (Å²) in [6.07, 6.45) is 6.44. The number of carbonyl (C=O) groups is 1. The number of aromatic nitrogens is 2. The van der Waals surface area contributed by atoms with Crippen LogP contribution in [0.1, 0.15) is 10.5 Å². The molecule has 1 heterocycles. The van der Waals surface area contributed by atoms with E-state index in [0.29, 0.717) is 26.4 Å². The fourth-order valence-electron chi connectivity index (χ4n) is 1.19. The summed E-state index contributed by atoms with van der Waals surface area (Å²) in [5.74, 6) is 1.34. The molecule has 1 N–H and O–H groups in total. The highest BCUT2D eigenvalue weighted by Crippen LogP contribution is 1.98. The van der Waals surface area contributed by atoms with Crippen molar-refractivity contribution >= 4 is 5.97 Å². The average molecular weight is 238 g/mol. The normalized spacial score (nSPS) is 10.1. The van der Waals surface area contributed by atoms with Crippen LogP contribution in [-0.4, -0.2) is 47.3 Å². The van der Waals surface area contributed by atoms with Crippen LogP contribution in [0, 0.1) is 12.3 Å². The minimum absolute atomic E-state index is 0.150. The highest BCUT2D eigenvalue weighted by atomic mass is 16.5. The molecule has 0 spiro atoms. The van der Waals surface area contributed by atoms with Crippen molar-refractivity contribution in [2.75, 3.05) is 26.4 Å². The molecule has 0 unspecified atom stereocenters. The highest BCUT2D eigenvalue weighted by Gasteiger charge is 2.08. The first-order valence-electron chi connectivity index (χ1n) is 5.09. The Labute approximate surface area is 99.1 Å². The van der Waals surface area contributed by atoms with Crippen molar-refractivity contribution in [2.45, 2.75) is 6.54 Å². The summed E-state index contributed by atoms with van der Waals surface area (Å²) in [5, 5.41) is 12.7. The van der Waals surface area contributed by atoms with Gasteiger partial charge in [0.15, 0.2) is 0 Å². The Bertz CT molecular complexity index is 394. The maximum Gasteiger partial charge on any atom is 0.354 e. The molecule has 0 amide bonds. The Hall–Kier alpha value is -1.84. The van der Waals surface area contributed by atoms with Crippen LogP contribution in [0.2, 0.25) is 0 Å². The van der Waals surface area contributed by atoms with E-state index in [4.69, 9.17) is 21.0 Å². The molecule has 0 aromatic carbocycles. The standard InChI is InChI=1S/C11H14N2O4/c1-2-6-16-8-9-17-7-5-13-10(11(14)15)3-4-12-13/h1,3-4H,5-9H2,(H,14,15). The number of nitrogens with zero attached hydrogens (tertiary/aromatic N) is 2. The first-order chi connectivity index (χ1) is 8.25. The zero-order valence-electron chi connectivity index (χ0n) is 9.33. The fraction of sp³-hybridized carbons (Fsp3) is 0.455. The molecule has 1 aromatic heterocycles. The van der Waals surface area contributed by atoms with Gasteiger partial charge in [-0.15, -0.1) is 6.42 Å². The van der Waals surface area contributed by atoms with Crippen molar-refractivity contribution in [3.8, 4) is 12.3 Å². The van der Waals surface area contributed by atoms with Crippen molar-refractivity contribution in [3.05, 3.63) is 18.0 Å². The van der Waals surface area contributed by atoms with Gasteiger partial charge in [0, 0.05) is 6.20 Å². The molecule has 92 valence electrons. The number of ether oxygens (including phenoxy) is 2. The molecule has 0 saturated heterocycles. The molecule has 0 bridgehead atoms. The lowest BCUT2D eigenvalue weighted by atomic mass is 10.4. The fourth-order valence-corrected chi connectivity index (χ4v) is 1.19. The quantitative estimate of drug-likeness (QED) is 0.519. The van der Waals surface area contributed by atoms with Crippen molar-refractivity contribution in [3.63, 3.8) is 0 Å². The predicted molar refractivity (Wildman–Crippen MR) is 59.7 cm³/mol. The molecule has 1 rings (SSSR count). The second-order valence-corrected chi connectivity index (χ2v) is 3.11. The lowest BCUT2D eigenvalue weighted by molar-refractivity contribution is 0.0540. The largest absolute Gasteiger partial charge is 0.477 e. The average Bonchev–Trinajstić information content (AvgIpc) is 2.76. The van der Waals surface area contributed by atoms with Crippen LogP contribution in [0.3, 0.4) is 0 Å². The molecular formula is C11H14N2O4. The van der Waals surface area contributed by atoms with E-state index in [9.17, 15) is 4.79 Å². The van der Waals surface area contributed by atoms with E-state index in [1.807, 2.05) is 0 Å². The Morgan fingerprint density at radius 3 is 2.94 bits per heavy atom. The van der Waals surface area contributed by atoms with Gasteiger partial charge in [0.05, 0.1) is 26.4 Å². The van der Waals surface area contributed by atoms with Gasteiger partial charge in [-0.3, -0.25) is 4.68 Å². The number of carboxylic acids is 1. The predicted octanol–water partition coefficient (Wildman–Crippen LogP) is 0.248. The van der Waals surface area contributed by atoms with Gasteiger partial charge in [-0.25, -0.2) is 4.79 Å². The Kier molecular flexibility index (Phi) is 5.79. The molecule has 0 atom stereocenters. The monoisotopic (exact) mass is 238 g/mol. The van der Waals surface area contributed by atoms with Crippen LogP contribution < -0.4 is 0 Å². The summed E-state index contributed by atoms with van der Waals surface area (Å²) in [5.41, 5.74) is 0.150. The van der Waals surface area contributed by atoms with Gasteiger partial charge in [0.25, 0.3) is 0 Å². The van der Waals surface area contributed by atoms with Gasteiger partial charge in [-0.1, -0.05) is 5.92 Å². The number of hydrogen-bond donors (Lipinski definition) is 1. The van der Waals surface area contributed by atoms with E-state index in [1.165, 1.54) is 16.9 Å². The van der Waals surface area contributed by atoms with E-state index >= 15 is 0 Å². The summed E-state index contributed by atoms with van der Waals surface area (Å²) >= 11 is 0. The smallest absolute Gasteiger partial charge is 0.354 e. The summed E-state index contributed by atoms with van der Waals surface area (Å²) in [6.45, 7) is 1.89. The van der Waals surface area contributed by atoms with Gasteiger partial charge in [-0.05, 0) is 6.07 Å². The first kappa shape index (κ1) is 13.2. The Morgan fingerprint density at radius 2 is 2.24 bits per heavy atom. The Morgan fingerprint density at radius 1 is 1.47 bits per heavy atom. The summed E-state index contributed by atoms with van der Waals surface area (Å²) in [6, 6.07) is 1.44. The van der Waals surface area contributed by atoms with Crippen molar-refractivity contribution in [1.82, 2.24) is 9.78 Å².